The average Bonchev–Trinajstić information content (AvgIpc) is 3.04. The van der Waals surface area contributed by atoms with Gasteiger partial charge in [-0.3, -0.25) is 10.1 Å². The molecule has 1 aromatic carbocycles. The molecule has 0 unspecified atom stereocenters. The number of amides is 2. The van der Waals surface area contributed by atoms with E-state index in [1.54, 1.807) is 18.2 Å². The molecule has 0 heterocycles. The number of ether oxygens (including phenoxy) is 1. The average molecular weight is 371 g/mol. The number of anilines is 1. The molecular weight excluding hydrogens is 351 g/mol. The summed E-state index contributed by atoms with van der Waals surface area (Å²) >= 11 is 11.3. The number of benzene rings is 1. The van der Waals surface area contributed by atoms with Gasteiger partial charge in [-0.2, -0.15) is 0 Å². The van der Waals surface area contributed by atoms with Gasteiger partial charge in [0.1, 0.15) is 11.1 Å². The number of hydrogen-bond donors (Lipinski definition) is 2. The molecule has 2 atom stereocenters. The number of nitrogens with one attached hydrogen (secondary N) is 2. The summed E-state index contributed by atoms with van der Waals surface area (Å²) in [5.74, 6) is -0.254. The Bertz CT molecular complexity index is 628. The lowest BCUT2D eigenvalue weighted by Crippen LogP contribution is -2.31. The van der Waals surface area contributed by atoms with Crippen molar-refractivity contribution in [1.29, 1.82) is 0 Å². The quantitative estimate of drug-likeness (QED) is 0.745. The second-order valence-electron chi connectivity index (χ2n) is 6.20. The fraction of sp³-hybridized carbons (Fsp3) is 0.412. The molecule has 0 saturated heterocycles. The fourth-order valence-corrected chi connectivity index (χ4v) is 3.00. The smallest absolute Gasteiger partial charge is 0.411 e. The SMILES string of the molecule is CC1(C)[C@H](C=C(Cl)Cl)[C@@H]1C(=O)NCCOC(=O)Nc1ccccc1. The van der Waals surface area contributed by atoms with Gasteiger partial charge in [-0.25, -0.2) is 4.79 Å². The summed E-state index contributed by atoms with van der Waals surface area (Å²) < 4.78 is 5.19. The van der Waals surface area contributed by atoms with E-state index in [1.807, 2.05) is 32.0 Å². The maximum Gasteiger partial charge on any atom is 0.411 e. The van der Waals surface area contributed by atoms with E-state index in [-0.39, 0.29) is 40.8 Å². The lowest BCUT2D eigenvalue weighted by Gasteiger charge is -2.08. The molecular formula is C17H20Cl2N2O3. The summed E-state index contributed by atoms with van der Waals surface area (Å²) in [4.78, 5) is 23.8. The van der Waals surface area contributed by atoms with Crippen molar-refractivity contribution in [3.05, 3.63) is 40.9 Å². The van der Waals surface area contributed by atoms with Gasteiger partial charge >= 0.3 is 6.09 Å². The van der Waals surface area contributed by atoms with Gasteiger partial charge < -0.3 is 10.1 Å². The van der Waals surface area contributed by atoms with Crippen molar-refractivity contribution in [2.45, 2.75) is 13.8 Å². The van der Waals surface area contributed by atoms with Crippen LogP contribution in [0.2, 0.25) is 0 Å². The lowest BCUT2D eigenvalue weighted by molar-refractivity contribution is -0.123. The Morgan fingerprint density at radius 1 is 1.25 bits per heavy atom. The minimum atomic E-state index is -0.558. The summed E-state index contributed by atoms with van der Waals surface area (Å²) in [6.45, 7) is 4.31. The molecule has 2 amide bonds. The Morgan fingerprint density at radius 3 is 2.54 bits per heavy atom. The highest BCUT2D eigenvalue weighted by Crippen LogP contribution is 2.59. The first-order valence-corrected chi connectivity index (χ1v) is 8.37. The highest BCUT2D eigenvalue weighted by atomic mass is 35.5. The van der Waals surface area contributed by atoms with Gasteiger partial charge in [0.2, 0.25) is 5.91 Å². The Hall–Kier alpha value is -1.72. The minimum absolute atomic E-state index is 0.0183. The zero-order valence-electron chi connectivity index (χ0n) is 13.5. The molecule has 2 N–H and O–H groups in total. The molecule has 0 radical (unpaired) electrons. The molecule has 1 aromatic rings. The second kappa shape index (κ2) is 7.90. The third-order valence-electron chi connectivity index (χ3n) is 4.15. The molecule has 130 valence electrons. The second-order valence-corrected chi connectivity index (χ2v) is 7.21. The highest BCUT2D eigenvalue weighted by molar-refractivity contribution is 6.55. The Labute approximate surface area is 151 Å². The summed E-state index contributed by atoms with van der Waals surface area (Å²) in [6, 6.07) is 8.99. The van der Waals surface area contributed by atoms with E-state index in [4.69, 9.17) is 27.9 Å². The lowest BCUT2D eigenvalue weighted by atomic mass is 10.1. The summed E-state index contributed by atoms with van der Waals surface area (Å²) in [5.41, 5.74) is 0.476. The predicted molar refractivity (Wildman–Crippen MR) is 95.0 cm³/mol. The van der Waals surface area contributed by atoms with Crippen LogP contribution in [0, 0.1) is 17.3 Å². The molecule has 0 spiro atoms. The monoisotopic (exact) mass is 370 g/mol. The van der Waals surface area contributed by atoms with Crippen LogP contribution in [-0.4, -0.2) is 25.2 Å². The van der Waals surface area contributed by atoms with Gasteiger partial charge in [0.25, 0.3) is 0 Å². The van der Waals surface area contributed by atoms with Crippen LogP contribution in [0.4, 0.5) is 10.5 Å². The van der Waals surface area contributed by atoms with E-state index < -0.39 is 6.09 Å². The number of allylic oxidation sites excluding steroid dienone is 1. The van der Waals surface area contributed by atoms with Crippen molar-refractivity contribution in [3.8, 4) is 0 Å². The normalized spacial score (nSPS) is 20.7. The van der Waals surface area contributed by atoms with E-state index in [9.17, 15) is 9.59 Å². The van der Waals surface area contributed by atoms with Crippen molar-refractivity contribution in [2.75, 3.05) is 18.5 Å². The van der Waals surface area contributed by atoms with E-state index in [2.05, 4.69) is 10.6 Å². The molecule has 5 nitrogen and oxygen atoms in total. The molecule has 0 aliphatic heterocycles. The predicted octanol–water partition coefficient (Wildman–Crippen LogP) is 3.94. The van der Waals surface area contributed by atoms with E-state index >= 15 is 0 Å². The molecule has 24 heavy (non-hydrogen) atoms. The van der Waals surface area contributed by atoms with Crippen LogP contribution in [0.25, 0.3) is 0 Å². The van der Waals surface area contributed by atoms with E-state index in [0.29, 0.717) is 5.69 Å². The van der Waals surface area contributed by atoms with Crippen molar-refractivity contribution >= 4 is 40.9 Å². The van der Waals surface area contributed by atoms with Crippen LogP contribution < -0.4 is 10.6 Å². The Morgan fingerprint density at radius 2 is 1.92 bits per heavy atom. The van der Waals surface area contributed by atoms with E-state index in [1.165, 1.54) is 0 Å². The minimum Gasteiger partial charge on any atom is -0.447 e. The Balaban J connectivity index is 1.68. The van der Waals surface area contributed by atoms with Gasteiger partial charge in [0.15, 0.2) is 0 Å². The molecule has 0 bridgehead atoms. The third kappa shape index (κ3) is 4.89. The topological polar surface area (TPSA) is 67.4 Å². The zero-order chi connectivity index (χ0) is 17.7. The van der Waals surface area contributed by atoms with Crippen LogP contribution in [0.15, 0.2) is 40.9 Å². The number of carbonyl (C=O) groups is 2. The summed E-state index contributed by atoms with van der Waals surface area (Å²) in [5, 5.41) is 5.36. The van der Waals surface area contributed by atoms with Gasteiger partial charge in [-0.15, -0.1) is 0 Å². The molecule has 7 heteroatoms. The molecule has 0 aromatic heterocycles. The summed E-state index contributed by atoms with van der Waals surface area (Å²) in [7, 11) is 0. The standard InChI is InChI=1S/C17H20Cl2N2O3/c1-17(2)12(10-13(18)19)14(17)15(22)20-8-9-24-16(23)21-11-6-4-3-5-7-11/h3-7,10,12,14H,8-9H2,1-2H3,(H,20,22)(H,21,23)/t12-,14-/m1/s1. The van der Waals surface area contributed by atoms with Crippen LogP contribution in [0.5, 0.6) is 0 Å². The number of halogens is 2. The van der Waals surface area contributed by atoms with Gasteiger partial charge in [-0.1, -0.05) is 55.2 Å². The number of hydrogen-bond acceptors (Lipinski definition) is 3. The zero-order valence-corrected chi connectivity index (χ0v) is 15.0. The largest absolute Gasteiger partial charge is 0.447 e. The molecule has 2 rings (SSSR count). The van der Waals surface area contributed by atoms with Crippen LogP contribution in [0.1, 0.15) is 13.8 Å². The number of carbonyl (C=O) groups excluding carboxylic acids is 2. The molecule has 1 fully saturated rings. The van der Waals surface area contributed by atoms with E-state index in [0.717, 1.165) is 0 Å². The molecule has 1 aliphatic carbocycles. The van der Waals surface area contributed by atoms with Crippen LogP contribution in [-0.2, 0) is 9.53 Å². The number of para-hydroxylation sites is 1. The maximum atomic E-state index is 12.2. The van der Waals surface area contributed by atoms with Crippen molar-refractivity contribution in [3.63, 3.8) is 0 Å². The van der Waals surface area contributed by atoms with Gasteiger partial charge in [0, 0.05) is 5.69 Å². The molecule has 1 aliphatic rings. The first-order chi connectivity index (χ1) is 11.3. The Kier molecular flexibility index (Phi) is 6.13. The van der Waals surface area contributed by atoms with Crippen molar-refractivity contribution < 1.29 is 14.3 Å². The van der Waals surface area contributed by atoms with Crippen LogP contribution >= 0.6 is 23.2 Å². The van der Waals surface area contributed by atoms with Gasteiger partial charge in [-0.05, 0) is 29.5 Å². The fourth-order valence-electron chi connectivity index (χ4n) is 2.73. The third-order valence-corrected chi connectivity index (χ3v) is 4.41. The van der Waals surface area contributed by atoms with Gasteiger partial charge in [0.05, 0.1) is 12.5 Å². The van der Waals surface area contributed by atoms with Crippen molar-refractivity contribution in [2.24, 2.45) is 17.3 Å². The summed E-state index contributed by atoms with van der Waals surface area (Å²) in [6.07, 6.45) is 1.13. The molecule has 1 saturated carbocycles. The number of rotatable bonds is 6. The van der Waals surface area contributed by atoms with Crippen LogP contribution in [0.3, 0.4) is 0 Å². The highest BCUT2D eigenvalue weighted by Gasteiger charge is 2.60. The first kappa shape index (κ1) is 18.6. The first-order valence-electron chi connectivity index (χ1n) is 7.61. The maximum absolute atomic E-state index is 12.2. The van der Waals surface area contributed by atoms with Crippen molar-refractivity contribution in [1.82, 2.24) is 5.32 Å².